The van der Waals surface area contributed by atoms with E-state index in [0.717, 1.165) is 15.6 Å². The van der Waals surface area contributed by atoms with Gasteiger partial charge in [0.05, 0.1) is 30.3 Å². The van der Waals surface area contributed by atoms with Crippen LogP contribution in [-0.4, -0.2) is 36.1 Å². The molecule has 0 spiro atoms. The van der Waals surface area contributed by atoms with Crippen LogP contribution in [0, 0.1) is 12.7 Å². The Morgan fingerprint density at radius 1 is 1.00 bits per heavy atom. The van der Waals surface area contributed by atoms with Crippen LogP contribution in [0.1, 0.15) is 55.6 Å². The quantitative estimate of drug-likeness (QED) is 0.206. The zero-order valence-electron chi connectivity index (χ0n) is 24.1. The maximum Gasteiger partial charge on any atom is 0.307 e. The molecule has 6 nitrogen and oxygen atoms in total. The molecule has 0 saturated heterocycles. The number of hydrogen-bond acceptors (Lipinski definition) is 5. The molecule has 1 amide bonds. The maximum absolute atomic E-state index is 14.8. The third-order valence-corrected chi connectivity index (χ3v) is 7.37. The van der Waals surface area contributed by atoms with Gasteiger partial charge in [0.2, 0.25) is 0 Å². The van der Waals surface area contributed by atoms with Gasteiger partial charge in [0.1, 0.15) is 5.60 Å². The van der Waals surface area contributed by atoms with Crippen molar-refractivity contribution < 1.29 is 23.5 Å². The maximum atomic E-state index is 14.8. The first-order chi connectivity index (χ1) is 19.3. The highest BCUT2D eigenvalue weighted by atomic mass is 79.9. The molecule has 41 heavy (non-hydrogen) atoms. The predicted molar refractivity (Wildman–Crippen MR) is 163 cm³/mol. The first-order valence-electron chi connectivity index (χ1n) is 13.3. The number of carbonyl (C=O) groups excluding carboxylic acids is 2. The van der Waals surface area contributed by atoms with Crippen molar-refractivity contribution in [1.82, 2.24) is 10.3 Å². The van der Waals surface area contributed by atoms with Crippen LogP contribution in [0.15, 0.2) is 71.2 Å². The molecule has 0 fully saturated rings. The smallest absolute Gasteiger partial charge is 0.307 e. The topological polar surface area (TPSA) is 77.5 Å². The van der Waals surface area contributed by atoms with E-state index in [9.17, 15) is 14.0 Å². The zero-order chi connectivity index (χ0) is 29.9. The number of amides is 1. The Labute approximate surface area is 248 Å². The fraction of sp³-hybridized carbons (Fsp3) is 0.303. The van der Waals surface area contributed by atoms with Gasteiger partial charge in [-0.2, -0.15) is 0 Å². The molecule has 1 atom stereocenters. The van der Waals surface area contributed by atoms with Gasteiger partial charge in [-0.15, -0.1) is 0 Å². The Bertz CT molecular complexity index is 1600. The Morgan fingerprint density at radius 3 is 2.37 bits per heavy atom. The summed E-state index contributed by atoms with van der Waals surface area (Å²) in [5.74, 6) is -1.34. The summed E-state index contributed by atoms with van der Waals surface area (Å²) in [6.45, 7) is 9.03. The summed E-state index contributed by atoms with van der Waals surface area (Å²) in [5.41, 5.74) is 2.16. The number of carbonyl (C=O) groups is 2. The van der Waals surface area contributed by atoms with E-state index in [-0.39, 0.29) is 24.6 Å². The van der Waals surface area contributed by atoms with Gasteiger partial charge in [0.25, 0.3) is 5.91 Å². The third-order valence-electron chi connectivity index (χ3n) is 6.88. The van der Waals surface area contributed by atoms with Crippen LogP contribution < -0.4 is 10.1 Å². The first kappa shape index (κ1) is 30.2. The number of halogens is 2. The van der Waals surface area contributed by atoms with Crippen LogP contribution in [-0.2, 0) is 14.9 Å². The molecule has 1 unspecified atom stereocenters. The Balaban J connectivity index is 1.77. The predicted octanol–water partition coefficient (Wildman–Crippen LogP) is 7.54. The van der Waals surface area contributed by atoms with E-state index in [1.54, 1.807) is 39.8 Å². The molecule has 4 rings (SSSR count). The lowest BCUT2D eigenvalue weighted by Gasteiger charge is -2.32. The van der Waals surface area contributed by atoms with Crippen molar-refractivity contribution in [2.75, 3.05) is 13.7 Å². The number of fused-ring (bicyclic) bond motifs is 1. The fourth-order valence-corrected chi connectivity index (χ4v) is 5.37. The van der Waals surface area contributed by atoms with E-state index < -0.39 is 22.8 Å². The van der Waals surface area contributed by atoms with E-state index in [2.05, 4.69) is 21.2 Å². The Kier molecular flexibility index (Phi) is 8.83. The van der Waals surface area contributed by atoms with Crippen molar-refractivity contribution in [3.63, 3.8) is 0 Å². The van der Waals surface area contributed by atoms with Gasteiger partial charge in [-0.05, 0) is 57.5 Å². The van der Waals surface area contributed by atoms with Crippen molar-refractivity contribution in [2.24, 2.45) is 0 Å². The van der Waals surface area contributed by atoms with E-state index >= 15 is 0 Å². The number of ether oxygens (including phenoxy) is 2. The van der Waals surface area contributed by atoms with Gasteiger partial charge < -0.3 is 14.8 Å². The van der Waals surface area contributed by atoms with Gasteiger partial charge in [-0.25, -0.2) is 9.37 Å². The average molecular weight is 622 g/mol. The third kappa shape index (κ3) is 6.76. The zero-order valence-corrected chi connectivity index (χ0v) is 25.7. The van der Waals surface area contributed by atoms with Crippen molar-refractivity contribution in [3.8, 4) is 17.0 Å². The van der Waals surface area contributed by atoms with E-state index in [0.29, 0.717) is 27.7 Å². The number of nitrogens with one attached hydrogen (secondary N) is 1. The molecule has 0 radical (unpaired) electrons. The van der Waals surface area contributed by atoms with Crippen molar-refractivity contribution in [2.45, 2.75) is 52.1 Å². The summed E-state index contributed by atoms with van der Waals surface area (Å²) in [5, 5.41) is 3.73. The minimum absolute atomic E-state index is 0.0167. The molecule has 1 heterocycles. The van der Waals surface area contributed by atoms with Crippen LogP contribution in [0.3, 0.4) is 0 Å². The molecule has 4 aromatic rings. The second-order valence-electron chi connectivity index (χ2n) is 11.3. The summed E-state index contributed by atoms with van der Waals surface area (Å²) in [7, 11) is 1.38. The number of hydrogen-bond donors (Lipinski definition) is 1. The SMILES string of the molecule is COc1c(F)cccc1C(C)(CNC(=O)c1c(C)c(-c2ccccc2)nc2ccc(Br)cc12)CC(=O)OC(C)(C)C. The van der Waals surface area contributed by atoms with Gasteiger partial charge in [-0.3, -0.25) is 9.59 Å². The van der Waals surface area contributed by atoms with Crippen molar-refractivity contribution >= 4 is 38.7 Å². The van der Waals surface area contributed by atoms with Gasteiger partial charge in [0.15, 0.2) is 11.6 Å². The number of pyridine rings is 1. The number of aromatic nitrogens is 1. The molecule has 0 aliphatic carbocycles. The second-order valence-corrected chi connectivity index (χ2v) is 12.2. The molecule has 0 aliphatic rings. The minimum atomic E-state index is -1.05. The van der Waals surface area contributed by atoms with Crippen molar-refractivity contribution in [3.05, 3.63) is 93.7 Å². The van der Waals surface area contributed by atoms with Crippen LogP contribution in [0.4, 0.5) is 4.39 Å². The number of methoxy groups -OCH3 is 1. The largest absolute Gasteiger partial charge is 0.493 e. The molecule has 1 aromatic heterocycles. The minimum Gasteiger partial charge on any atom is -0.493 e. The average Bonchev–Trinajstić information content (AvgIpc) is 2.90. The summed E-state index contributed by atoms with van der Waals surface area (Å²) in [4.78, 5) is 31.9. The Hall–Kier alpha value is -3.78. The van der Waals surface area contributed by atoms with Gasteiger partial charge in [-0.1, -0.05) is 65.3 Å². The molecular weight excluding hydrogens is 587 g/mol. The number of rotatable bonds is 8. The standard InChI is InChI=1S/C33H34BrFN2O4/c1-20-28(23-17-22(34)15-16-26(23)37-29(20)21-11-8-7-9-12-21)31(39)36-19-33(5,18-27(38)41-32(2,3)4)24-13-10-14-25(35)30(24)40-6/h7-17H,18-19H2,1-6H3,(H,36,39). The summed E-state index contributed by atoms with van der Waals surface area (Å²) < 4.78 is 26.6. The molecular formula is C33H34BrFN2O4. The molecule has 214 valence electrons. The number of esters is 1. The van der Waals surface area contributed by atoms with Crippen LogP contribution >= 0.6 is 15.9 Å². The van der Waals surface area contributed by atoms with Crippen LogP contribution in [0.5, 0.6) is 5.75 Å². The van der Waals surface area contributed by atoms with Gasteiger partial charge in [0, 0.05) is 32.9 Å². The molecule has 1 N–H and O–H groups in total. The highest BCUT2D eigenvalue weighted by Crippen LogP contribution is 2.37. The van der Waals surface area contributed by atoms with Crippen molar-refractivity contribution in [1.29, 1.82) is 0 Å². The number of benzene rings is 3. The van der Waals surface area contributed by atoms with E-state index in [1.165, 1.54) is 13.2 Å². The summed E-state index contributed by atoms with van der Waals surface area (Å²) >= 11 is 3.52. The highest BCUT2D eigenvalue weighted by molar-refractivity contribution is 9.10. The normalized spacial score (nSPS) is 13.0. The van der Waals surface area contributed by atoms with E-state index in [1.807, 2.05) is 55.5 Å². The molecule has 8 heteroatoms. The lowest BCUT2D eigenvalue weighted by atomic mass is 9.78. The first-order valence-corrected chi connectivity index (χ1v) is 14.1. The molecule has 0 saturated carbocycles. The Morgan fingerprint density at radius 2 is 1.71 bits per heavy atom. The molecule has 0 aliphatic heterocycles. The summed E-state index contributed by atoms with van der Waals surface area (Å²) in [6, 6.07) is 19.9. The second kappa shape index (κ2) is 12.0. The number of para-hydroxylation sites is 1. The van der Waals surface area contributed by atoms with E-state index in [4.69, 9.17) is 14.5 Å². The molecule has 0 bridgehead atoms. The lowest BCUT2D eigenvalue weighted by molar-refractivity contribution is -0.156. The summed E-state index contributed by atoms with van der Waals surface area (Å²) in [6.07, 6.45) is -0.110. The van der Waals surface area contributed by atoms with Crippen LogP contribution in [0.25, 0.3) is 22.2 Å². The fourth-order valence-electron chi connectivity index (χ4n) is 5.00. The molecule has 3 aromatic carbocycles. The van der Waals surface area contributed by atoms with Crippen LogP contribution in [0.2, 0.25) is 0 Å². The monoisotopic (exact) mass is 620 g/mol. The van der Waals surface area contributed by atoms with Gasteiger partial charge >= 0.3 is 5.97 Å². The number of nitrogens with zero attached hydrogens (tertiary/aromatic N) is 1. The highest BCUT2D eigenvalue weighted by Gasteiger charge is 2.36. The lowest BCUT2D eigenvalue weighted by Crippen LogP contribution is -2.42.